The van der Waals surface area contributed by atoms with Crippen LogP contribution in [0.4, 0.5) is 9.52 Å². The first-order valence-corrected chi connectivity index (χ1v) is 9.81. The van der Waals surface area contributed by atoms with Gasteiger partial charge in [0.05, 0.1) is 19.8 Å². The van der Waals surface area contributed by atoms with E-state index in [2.05, 4.69) is 32.9 Å². The number of benzene rings is 2. The number of nitrogens with zero attached hydrogens (tertiary/aromatic N) is 1. The Morgan fingerprint density at radius 2 is 1.85 bits per heavy atom. The third-order valence-electron chi connectivity index (χ3n) is 3.78. The minimum atomic E-state index is -0.275. The lowest BCUT2D eigenvalue weighted by molar-refractivity contribution is 0.102. The van der Waals surface area contributed by atoms with Crippen LogP contribution in [0.15, 0.2) is 42.6 Å². The van der Waals surface area contributed by atoms with Gasteiger partial charge in [0, 0.05) is 21.1 Å². The molecular weight excluding hydrogens is 482 g/mol. The van der Waals surface area contributed by atoms with E-state index in [1.165, 1.54) is 30.6 Å². The van der Waals surface area contributed by atoms with Gasteiger partial charge in [-0.2, -0.15) is 0 Å². The molecule has 1 amide bonds. The zero-order valence-electron chi connectivity index (χ0n) is 14.6. The van der Waals surface area contributed by atoms with Gasteiger partial charge in [-0.1, -0.05) is 12.1 Å². The number of thiazole rings is 1. The Bertz CT molecular complexity index is 960. The predicted molar refractivity (Wildman–Crippen MR) is 112 cm³/mol. The van der Waals surface area contributed by atoms with Gasteiger partial charge >= 0.3 is 0 Å². The summed E-state index contributed by atoms with van der Waals surface area (Å²) in [6.45, 7) is 0. The summed E-state index contributed by atoms with van der Waals surface area (Å²) < 4.78 is 24.2. The summed E-state index contributed by atoms with van der Waals surface area (Å²) in [5, 5.41) is 3.31. The van der Waals surface area contributed by atoms with E-state index in [1.54, 1.807) is 37.6 Å². The lowest BCUT2D eigenvalue weighted by Gasteiger charge is -2.11. The van der Waals surface area contributed by atoms with Gasteiger partial charge in [-0.3, -0.25) is 10.1 Å². The molecule has 1 aromatic heterocycles. The van der Waals surface area contributed by atoms with Gasteiger partial charge in [0.15, 0.2) is 16.6 Å². The molecular formula is C19H16FIN2O3S. The maximum Gasteiger partial charge on any atom is 0.258 e. The Labute approximate surface area is 173 Å². The molecule has 0 fully saturated rings. The summed E-state index contributed by atoms with van der Waals surface area (Å²) >= 11 is 3.46. The minimum absolute atomic E-state index is 0.263. The van der Waals surface area contributed by atoms with Crippen LogP contribution in [0.1, 0.15) is 20.8 Å². The summed E-state index contributed by atoms with van der Waals surface area (Å²) in [7, 11) is 3.07. The number of anilines is 1. The molecule has 2 aromatic carbocycles. The largest absolute Gasteiger partial charge is 0.493 e. The fourth-order valence-electron chi connectivity index (χ4n) is 2.44. The first-order valence-electron chi connectivity index (χ1n) is 7.92. The molecule has 140 valence electrons. The average Bonchev–Trinajstić information content (AvgIpc) is 3.10. The van der Waals surface area contributed by atoms with Gasteiger partial charge in [-0.25, -0.2) is 9.37 Å². The smallest absolute Gasteiger partial charge is 0.258 e. The molecule has 1 N–H and O–H groups in total. The average molecular weight is 498 g/mol. The first-order chi connectivity index (χ1) is 13.0. The summed E-state index contributed by atoms with van der Waals surface area (Å²) in [5.74, 6) is 0.511. The highest BCUT2D eigenvalue weighted by Crippen LogP contribution is 2.32. The molecule has 3 rings (SSSR count). The summed E-state index contributed by atoms with van der Waals surface area (Å²) in [5.41, 5.74) is 1.45. The molecule has 1 heterocycles. The molecule has 3 aromatic rings. The molecule has 0 spiro atoms. The number of nitrogens with one attached hydrogen (secondary N) is 1. The molecule has 0 saturated heterocycles. The van der Waals surface area contributed by atoms with E-state index >= 15 is 0 Å². The van der Waals surface area contributed by atoms with Gasteiger partial charge in [0.25, 0.3) is 5.91 Å². The van der Waals surface area contributed by atoms with Crippen molar-refractivity contribution in [2.24, 2.45) is 0 Å². The van der Waals surface area contributed by atoms with E-state index in [1.807, 2.05) is 0 Å². The van der Waals surface area contributed by atoms with Crippen molar-refractivity contribution < 1.29 is 18.7 Å². The fourth-order valence-corrected chi connectivity index (χ4v) is 3.97. The number of halogens is 2. The number of hydrogen-bond acceptors (Lipinski definition) is 5. The quantitative estimate of drug-likeness (QED) is 0.499. The van der Waals surface area contributed by atoms with E-state index in [9.17, 15) is 9.18 Å². The van der Waals surface area contributed by atoms with Crippen molar-refractivity contribution in [2.45, 2.75) is 6.42 Å². The van der Waals surface area contributed by atoms with Gasteiger partial charge < -0.3 is 9.47 Å². The molecule has 0 atom stereocenters. The lowest BCUT2D eigenvalue weighted by Crippen LogP contribution is -2.13. The third kappa shape index (κ3) is 4.75. The summed E-state index contributed by atoms with van der Waals surface area (Å²) in [6, 6.07) is 9.72. The van der Waals surface area contributed by atoms with Crippen LogP contribution < -0.4 is 14.8 Å². The number of hydrogen-bond donors (Lipinski definition) is 1. The number of carbonyl (C=O) groups excluding carboxylic acids is 1. The Morgan fingerprint density at radius 1 is 1.19 bits per heavy atom. The van der Waals surface area contributed by atoms with Gasteiger partial charge in [-0.15, -0.1) is 11.3 Å². The molecule has 0 saturated carbocycles. The SMILES string of the molecule is COc1cc(I)c(C(=O)Nc2ncc(Cc3ccc(F)cc3)s2)cc1OC. The van der Waals surface area contributed by atoms with Gasteiger partial charge in [0.2, 0.25) is 0 Å². The Balaban J connectivity index is 1.73. The highest BCUT2D eigenvalue weighted by atomic mass is 127. The second-order valence-electron chi connectivity index (χ2n) is 5.58. The van der Waals surface area contributed by atoms with Crippen LogP contribution in [0.25, 0.3) is 0 Å². The highest BCUT2D eigenvalue weighted by Gasteiger charge is 2.17. The van der Waals surface area contributed by atoms with Crippen LogP contribution in [0, 0.1) is 9.39 Å². The number of rotatable bonds is 6. The van der Waals surface area contributed by atoms with Crippen molar-refractivity contribution in [1.29, 1.82) is 0 Å². The standard InChI is InChI=1S/C19H16FIN2O3S/c1-25-16-8-14(15(21)9-17(16)26-2)18(24)23-19-22-10-13(27-19)7-11-3-5-12(20)6-4-11/h3-6,8-10H,7H2,1-2H3,(H,22,23,24). The van der Waals surface area contributed by atoms with Gasteiger partial charge in [0.1, 0.15) is 5.82 Å². The Kier molecular flexibility index (Phi) is 6.27. The van der Waals surface area contributed by atoms with Gasteiger partial charge in [-0.05, 0) is 52.4 Å². The third-order valence-corrected chi connectivity index (χ3v) is 5.59. The summed E-state index contributed by atoms with van der Waals surface area (Å²) in [4.78, 5) is 17.8. The summed E-state index contributed by atoms with van der Waals surface area (Å²) in [6.07, 6.45) is 2.34. The normalized spacial score (nSPS) is 10.5. The van der Waals surface area contributed by atoms with Crippen LogP contribution >= 0.6 is 33.9 Å². The fraction of sp³-hybridized carbons (Fsp3) is 0.158. The molecule has 8 heteroatoms. The van der Waals surface area contributed by atoms with Crippen LogP contribution in [0.3, 0.4) is 0 Å². The van der Waals surface area contributed by atoms with Crippen molar-refractivity contribution in [3.05, 3.63) is 68.0 Å². The van der Waals surface area contributed by atoms with Crippen molar-refractivity contribution >= 4 is 45.0 Å². The Morgan fingerprint density at radius 3 is 2.52 bits per heavy atom. The van der Waals surface area contributed by atoms with Crippen LogP contribution in [0.2, 0.25) is 0 Å². The van der Waals surface area contributed by atoms with Crippen molar-refractivity contribution in [1.82, 2.24) is 4.98 Å². The molecule has 0 aliphatic heterocycles. The van der Waals surface area contributed by atoms with Crippen molar-refractivity contribution in [3.63, 3.8) is 0 Å². The molecule has 0 aliphatic carbocycles. The number of aromatic nitrogens is 1. The van der Waals surface area contributed by atoms with E-state index in [4.69, 9.17) is 9.47 Å². The Hall–Kier alpha value is -2.20. The molecule has 0 radical (unpaired) electrons. The molecule has 0 aliphatic rings. The number of ether oxygens (including phenoxy) is 2. The van der Waals surface area contributed by atoms with E-state index in [0.29, 0.717) is 28.6 Å². The highest BCUT2D eigenvalue weighted by molar-refractivity contribution is 14.1. The second kappa shape index (κ2) is 8.66. The monoisotopic (exact) mass is 498 g/mol. The topological polar surface area (TPSA) is 60.5 Å². The van der Waals surface area contributed by atoms with E-state index in [0.717, 1.165) is 14.0 Å². The maximum absolute atomic E-state index is 13.0. The number of carbonyl (C=O) groups is 1. The molecule has 0 unspecified atom stereocenters. The minimum Gasteiger partial charge on any atom is -0.493 e. The van der Waals surface area contributed by atoms with Crippen molar-refractivity contribution in [2.75, 3.05) is 19.5 Å². The van der Waals surface area contributed by atoms with Crippen LogP contribution in [-0.4, -0.2) is 25.1 Å². The van der Waals surface area contributed by atoms with Crippen LogP contribution in [-0.2, 0) is 6.42 Å². The number of methoxy groups -OCH3 is 2. The molecule has 0 bridgehead atoms. The van der Waals surface area contributed by atoms with Crippen molar-refractivity contribution in [3.8, 4) is 11.5 Å². The zero-order valence-corrected chi connectivity index (χ0v) is 17.6. The second-order valence-corrected chi connectivity index (χ2v) is 7.85. The first kappa shape index (κ1) is 19.6. The number of amides is 1. The molecule has 5 nitrogen and oxygen atoms in total. The lowest BCUT2D eigenvalue weighted by atomic mass is 10.1. The molecule has 27 heavy (non-hydrogen) atoms. The van der Waals surface area contributed by atoms with E-state index < -0.39 is 0 Å². The zero-order chi connectivity index (χ0) is 19.4. The predicted octanol–water partition coefficient (Wildman–Crippen LogP) is 4.75. The van der Waals surface area contributed by atoms with E-state index in [-0.39, 0.29) is 11.7 Å². The maximum atomic E-state index is 13.0. The van der Waals surface area contributed by atoms with Crippen LogP contribution in [0.5, 0.6) is 11.5 Å².